The molecule has 0 radical (unpaired) electrons. The maximum absolute atomic E-state index is 12.3. The first-order valence-corrected chi connectivity index (χ1v) is 8.49. The van der Waals surface area contributed by atoms with E-state index >= 15 is 0 Å². The van der Waals surface area contributed by atoms with Crippen LogP contribution in [0.3, 0.4) is 0 Å². The van der Waals surface area contributed by atoms with Gasteiger partial charge in [0.05, 0.1) is 5.39 Å². The smallest absolute Gasteiger partial charge is 0.355 e. The topological polar surface area (TPSA) is 105 Å². The molecule has 0 aromatic carbocycles. The Hall–Kier alpha value is -2.74. The summed E-state index contributed by atoms with van der Waals surface area (Å²) in [4.78, 5) is 47.2. The molecule has 0 saturated carbocycles. The van der Waals surface area contributed by atoms with E-state index in [4.69, 9.17) is 4.74 Å². The van der Waals surface area contributed by atoms with Gasteiger partial charge in [0, 0.05) is 16.6 Å². The summed E-state index contributed by atoms with van der Waals surface area (Å²) < 4.78 is 5.35. The van der Waals surface area contributed by atoms with E-state index in [0.717, 1.165) is 10.4 Å². The summed E-state index contributed by atoms with van der Waals surface area (Å²) in [6.45, 7) is 6.86. The van der Waals surface area contributed by atoms with Crippen LogP contribution in [0.1, 0.15) is 57.1 Å². The molecule has 3 heterocycles. The van der Waals surface area contributed by atoms with Gasteiger partial charge >= 0.3 is 5.97 Å². The zero-order chi connectivity index (χ0) is 18.3. The number of nitrogens with zero attached hydrogens (tertiary/aromatic N) is 1. The molecule has 2 N–H and O–H groups in total. The number of carbonyl (C=O) groups is 2. The number of carbonyl (C=O) groups excluding carboxylic acids is 2. The molecule has 0 aliphatic carbocycles. The third-order valence-corrected chi connectivity index (χ3v) is 5.14. The molecule has 0 aliphatic rings. The van der Waals surface area contributed by atoms with Crippen molar-refractivity contribution in [2.45, 2.75) is 33.8 Å². The molecular weight excluding hydrogens is 342 g/mol. The predicted molar refractivity (Wildman–Crippen MR) is 94.3 cm³/mol. The Bertz CT molecular complexity index is 1040. The van der Waals surface area contributed by atoms with Gasteiger partial charge in [-0.1, -0.05) is 0 Å². The molecule has 0 bridgehead atoms. The van der Waals surface area contributed by atoms with Crippen molar-refractivity contribution >= 4 is 33.3 Å². The minimum atomic E-state index is -0.739. The van der Waals surface area contributed by atoms with Crippen LogP contribution in [0.2, 0.25) is 0 Å². The number of nitrogens with one attached hydrogen (secondary N) is 2. The van der Waals surface area contributed by atoms with Crippen molar-refractivity contribution in [1.82, 2.24) is 15.0 Å². The third-order valence-electron chi connectivity index (χ3n) is 4.04. The maximum Gasteiger partial charge on any atom is 0.355 e. The van der Waals surface area contributed by atoms with Crippen molar-refractivity contribution in [1.29, 1.82) is 0 Å². The number of hydrogen-bond acceptors (Lipinski definition) is 6. The largest absolute Gasteiger partial charge is 0.450 e. The first kappa shape index (κ1) is 17.1. The first-order valence-electron chi connectivity index (χ1n) is 7.68. The van der Waals surface area contributed by atoms with Crippen molar-refractivity contribution in [2.75, 3.05) is 0 Å². The highest BCUT2D eigenvalue weighted by Gasteiger charge is 2.20. The second-order valence-corrected chi connectivity index (χ2v) is 7.02. The molecule has 25 heavy (non-hydrogen) atoms. The van der Waals surface area contributed by atoms with E-state index in [9.17, 15) is 14.4 Å². The number of H-pyrrole nitrogens is 2. The van der Waals surface area contributed by atoms with Gasteiger partial charge in [-0.05, 0) is 39.3 Å². The number of esters is 1. The fourth-order valence-corrected chi connectivity index (χ4v) is 3.50. The molecule has 0 aliphatic heterocycles. The lowest BCUT2D eigenvalue weighted by molar-refractivity contribution is 0.0314. The zero-order valence-electron chi connectivity index (χ0n) is 14.2. The monoisotopic (exact) mass is 359 g/mol. The number of thiophene rings is 1. The highest BCUT2D eigenvalue weighted by Crippen LogP contribution is 2.27. The molecule has 8 heteroatoms. The Morgan fingerprint density at radius 3 is 2.68 bits per heavy atom. The van der Waals surface area contributed by atoms with Crippen molar-refractivity contribution < 1.29 is 14.3 Å². The lowest BCUT2D eigenvalue weighted by Crippen LogP contribution is -2.17. The van der Waals surface area contributed by atoms with E-state index < -0.39 is 12.1 Å². The number of fused-ring (bicyclic) bond motifs is 1. The van der Waals surface area contributed by atoms with E-state index in [0.29, 0.717) is 15.8 Å². The van der Waals surface area contributed by atoms with E-state index in [1.165, 1.54) is 30.5 Å². The molecule has 3 aromatic heterocycles. The molecular formula is C17H17N3O4S. The van der Waals surface area contributed by atoms with Gasteiger partial charge in [0.2, 0.25) is 0 Å². The fourth-order valence-electron chi connectivity index (χ4n) is 2.46. The van der Waals surface area contributed by atoms with Crippen molar-refractivity contribution in [3.63, 3.8) is 0 Å². The molecule has 7 nitrogen and oxygen atoms in total. The number of aryl methyl sites for hydroxylation is 2. The van der Waals surface area contributed by atoms with Gasteiger partial charge in [-0.15, -0.1) is 11.3 Å². The molecule has 0 spiro atoms. The van der Waals surface area contributed by atoms with Gasteiger partial charge in [0.15, 0.2) is 17.7 Å². The molecule has 3 rings (SSSR count). The van der Waals surface area contributed by atoms with E-state index in [-0.39, 0.29) is 22.9 Å². The molecule has 0 unspecified atom stereocenters. The maximum atomic E-state index is 12.3. The Labute approximate surface area is 147 Å². The van der Waals surface area contributed by atoms with Crippen LogP contribution >= 0.6 is 11.3 Å². The zero-order valence-corrected chi connectivity index (χ0v) is 15.0. The van der Waals surface area contributed by atoms with Crippen LogP contribution in [0, 0.1) is 13.8 Å². The first-order chi connectivity index (χ1) is 11.8. The van der Waals surface area contributed by atoms with Crippen LogP contribution in [0.15, 0.2) is 17.1 Å². The Morgan fingerprint density at radius 1 is 1.32 bits per heavy atom. The molecule has 0 fully saturated rings. The molecule has 0 amide bonds. The Kier molecular flexibility index (Phi) is 4.30. The van der Waals surface area contributed by atoms with E-state index in [2.05, 4.69) is 15.0 Å². The summed E-state index contributed by atoms with van der Waals surface area (Å²) in [6, 6.07) is 1.43. The predicted octanol–water partition coefficient (Wildman–Crippen LogP) is 3.05. The molecule has 0 saturated heterocycles. The average Bonchev–Trinajstić information content (AvgIpc) is 3.13. The van der Waals surface area contributed by atoms with Gasteiger partial charge in [-0.25, -0.2) is 9.78 Å². The summed E-state index contributed by atoms with van der Waals surface area (Å²) in [7, 11) is 0. The van der Waals surface area contributed by atoms with Gasteiger partial charge in [0.1, 0.15) is 10.5 Å². The number of Topliss-reactive ketones (excluding diaryl/α,β-unsaturated/α-hetero) is 1. The number of aromatic nitrogens is 3. The molecule has 3 aromatic rings. The van der Waals surface area contributed by atoms with Gasteiger partial charge < -0.3 is 14.7 Å². The fraction of sp³-hybridized carbons (Fsp3) is 0.294. The van der Waals surface area contributed by atoms with Crippen LogP contribution in [0.5, 0.6) is 0 Å². The minimum Gasteiger partial charge on any atom is -0.450 e. The average molecular weight is 359 g/mol. The Balaban J connectivity index is 1.86. The summed E-state index contributed by atoms with van der Waals surface area (Å²) in [5, 5.41) is 0.570. The van der Waals surface area contributed by atoms with Gasteiger partial charge in [0.25, 0.3) is 5.56 Å². The third kappa shape index (κ3) is 3.12. The number of ketones is 1. The van der Waals surface area contributed by atoms with Gasteiger partial charge in [-0.3, -0.25) is 9.59 Å². The lowest BCUT2D eigenvalue weighted by Gasteiger charge is -2.11. The number of ether oxygens (including phenoxy) is 1. The molecule has 1 atom stereocenters. The van der Waals surface area contributed by atoms with Crippen LogP contribution in [-0.4, -0.2) is 26.7 Å². The van der Waals surface area contributed by atoms with E-state index in [1.54, 1.807) is 6.92 Å². The SMILES string of the molecule is CC(=O)c1c[nH]c(C(=O)O[C@@H](C)c2nc3sc(C)c(C)c3c(=O)[nH]2)c1. The number of rotatable bonds is 4. The highest BCUT2D eigenvalue weighted by molar-refractivity contribution is 7.18. The summed E-state index contributed by atoms with van der Waals surface area (Å²) >= 11 is 1.43. The minimum absolute atomic E-state index is 0.150. The number of hydrogen-bond donors (Lipinski definition) is 2. The van der Waals surface area contributed by atoms with Crippen molar-refractivity contribution in [3.05, 3.63) is 50.1 Å². The normalized spacial score (nSPS) is 12.3. The van der Waals surface area contributed by atoms with Crippen LogP contribution in [-0.2, 0) is 4.74 Å². The highest BCUT2D eigenvalue weighted by atomic mass is 32.1. The van der Waals surface area contributed by atoms with Crippen LogP contribution < -0.4 is 5.56 Å². The second kappa shape index (κ2) is 6.29. The van der Waals surface area contributed by atoms with Gasteiger partial charge in [-0.2, -0.15) is 0 Å². The van der Waals surface area contributed by atoms with Crippen molar-refractivity contribution in [2.24, 2.45) is 0 Å². The summed E-state index contributed by atoms with van der Waals surface area (Å²) in [5.41, 5.74) is 1.23. The lowest BCUT2D eigenvalue weighted by atomic mass is 10.2. The van der Waals surface area contributed by atoms with Crippen LogP contribution in [0.25, 0.3) is 10.2 Å². The quantitative estimate of drug-likeness (QED) is 0.550. The molecule has 130 valence electrons. The summed E-state index contributed by atoms with van der Waals surface area (Å²) in [5.74, 6) is -0.491. The van der Waals surface area contributed by atoms with Crippen molar-refractivity contribution in [3.8, 4) is 0 Å². The standard InChI is InChI=1S/C17H17N3O4S/c1-7-10(4)25-16-13(7)15(22)19-14(20-16)9(3)24-17(23)12-5-11(6-18-12)8(2)21/h5-6,9,18H,1-4H3,(H,19,20,22)/t9-/m0/s1. The second-order valence-electron chi connectivity index (χ2n) is 5.82. The number of aromatic amines is 2. The Morgan fingerprint density at radius 2 is 2.04 bits per heavy atom. The summed E-state index contributed by atoms with van der Waals surface area (Å²) in [6.07, 6.45) is 0.712. The van der Waals surface area contributed by atoms with E-state index in [1.807, 2.05) is 13.8 Å². The van der Waals surface area contributed by atoms with Crippen LogP contribution in [0.4, 0.5) is 0 Å².